The third-order valence-electron chi connectivity index (χ3n) is 1.80. The highest BCUT2D eigenvalue weighted by molar-refractivity contribution is 5.79. The number of rotatable bonds is 7. The molecule has 0 saturated carbocycles. The van der Waals surface area contributed by atoms with Gasteiger partial charge in [-0.25, -0.2) is 0 Å². The molecule has 1 atom stereocenters. The van der Waals surface area contributed by atoms with Crippen LogP contribution in [0.4, 0.5) is 0 Å². The summed E-state index contributed by atoms with van der Waals surface area (Å²) in [7, 11) is 0. The zero-order valence-electron chi connectivity index (χ0n) is 8.08. The number of unbranched alkanes of at least 4 members (excludes halogenated alkanes) is 1. The van der Waals surface area contributed by atoms with Gasteiger partial charge in [-0.2, -0.15) is 0 Å². The van der Waals surface area contributed by atoms with E-state index in [0.717, 1.165) is 19.1 Å². The van der Waals surface area contributed by atoms with Crippen molar-refractivity contribution < 1.29 is 9.59 Å². The van der Waals surface area contributed by atoms with Crippen LogP contribution in [0.25, 0.3) is 0 Å². The zero-order valence-corrected chi connectivity index (χ0v) is 8.08. The number of aldehydes is 1. The summed E-state index contributed by atoms with van der Waals surface area (Å²) < 4.78 is 0. The molecule has 0 spiro atoms. The molecule has 0 bridgehead atoms. The van der Waals surface area contributed by atoms with E-state index in [4.69, 9.17) is 5.73 Å². The van der Waals surface area contributed by atoms with Gasteiger partial charge in [0.25, 0.3) is 0 Å². The van der Waals surface area contributed by atoms with Gasteiger partial charge in [0.2, 0.25) is 5.91 Å². The minimum absolute atomic E-state index is 0.0788. The number of hydrogen-bond acceptors (Lipinski definition) is 3. The quantitative estimate of drug-likeness (QED) is 0.441. The Balaban J connectivity index is 3.62. The second-order valence-electron chi connectivity index (χ2n) is 2.95. The van der Waals surface area contributed by atoms with Crippen LogP contribution in [0.3, 0.4) is 0 Å². The van der Waals surface area contributed by atoms with Crippen molar-refractivity contribution >= 4 is 12.2 Å². The van der Waals surface area contributed by atoms with E-state index in [1.165, 1.54) is 0 Å². The smallest absolute Gasteiger partial charge is 0.220 e. The monoisotopic (exact) mass is 186 g/mol. The minimum Gasteiger partial charge on any atom is -0.347 e. The average Bonchev–Trinajstić information content (AvgIpc) is 2.16. The van der Waals surface area contributed by atoms with E-state index in [-0.39, 0.29) is 11.9 Å². The fourth-order valence-electron chi connectivity index (χ4n) is 0.992. The van der Waals surface area contributed by atoms with Crippen LogP contribution in [-0.4, -0.2) is 24.8 Å². The average molecular weight is 186 g/mol. The summed E-state index contributed by atoms with van der Waals surface area (Å²) in [5.41, 5.74) is 5.31. The molecular formula is C9H18N2O2. The van der Waals surface area contributed by atoms with Crippen molar-refractivity contribution in [1.82, 2.24) is 5.32 Å². The van der Waals surface area contributed by atoms with Crippen molar-refractivity contribution in [1.29, 1.82) is 0 Å². The SMILES string of the molecule is CCC(=O)N[C@H](C=O)CCCCN. The molecule has 3 N–H and O–H groups in total. The number of carbonyl (C=O) groups excluding carboxylic acids is 2. The van der Waals surface area contributed by atoms with Gasteiger partial charge >= 0.3 is 0 Å². The van der Waals surface area contributed by atoms with E-state index < -0.39 is 0 Å². The molecule has 0 aromatic heterocycles. The molecule has 0 aliphatic carbocycles. The lowest BCUT2D eigenvalue weighted by Crippen LogP contribution is -2.35. The molecule has 0 heterocycles. The third kappa shape index (κ3) is 6.28. The predicted octanol–water partition coefficient (Wildman–Crippen LogP) is 0.209. The Bertz CT molecular complexity index is 160. The highest BCUT2D eigenvalue weighted by Gasteiger charge is 2.08. The van der Waals surface area contributed by atoms with Crippen LogP contribution in [0.15, 0.2) is 0 Å². The second-order valence-corrected chi connectivity index (χ2v) is 2.95. The normalized spacial score (nSPS) is 12.2. The Morgan fingerprint density at radius 3 is 2.69 bits per heavy atom. The van der Waals surface area contributed by atoms with Crippen LogP contribution in [0, 0.1) is 0 Å². The topological polar surface area (TPSA) is 72.2 Å². The fraction of sp³-hybridized carbons (Fsp3) is 0.778. The molecular weight excluding hydrogens is 168 g/mol. The summed E-state index contributed by atoms with van der Waals surface area (Å²) >= 11 is 0. The van der Waals surface area contributed by atoms with Crippen molar-refractivity contribution in [3.63, 3.8) is 0 Å². The summed E-state index contributed by atoms with van der Waals surface area (Å²) in [6.07, 6.45) is 3.66. The first-order chi connectivity index (χ1) is 6.24. The maximum Gasteiger partial charge on any atom is 0.220 e. The molecule has 0 rings (SSSR count). The third-order valence-corrected chi connectivity index (χ3v) is 1.80. The molecule has 0 aliphatic heterocycles. The molecule has 0 aromatic rings. The lowest BCUT2D eigenvalue weighted by atomic mass is 10.1. The number of amides is 1. The lowest BCUT2D eigenvalue weighted by Gasteiger charge is -2.11. The molecule has 0 fully saturated rings. The molecule has 76 valence electrons. The van der Waals surface area contributed by atoms with Gasteiger partial charge < -0.3 is 15.8 Å². The molecule has 4 nitrogen and oxygen atoms in total. The summed E-state index contributed by atoms with van der Waals surface area (Å²) in [5, 5.41) is 2.63. The Morgan fingerprint density at radius 2 is 2.23 bits per heavy atom. The first-order valence-corrected chi connectivity index (χ1v) is 4.69. The van der Waals surface area contributed by atoms with Gasteiger partial charge in [-0.15, -0.1) is 0 Å². The summed E-state index contributed by atoms with van der Waals surface area (Å²) in [6.45, 7) is 2.39. The number of nitrogens with one attached hydrogen (secondary N) is 1. The van der Waals surface area contributed by atoms with Crippen molar-refractivity contribution in [3.05, 3.63) is 0 Å². The number of carbonyl (C=O) groups is 2. The highest BCUT2D eigenvalue weighted by Crippen LogP contribution is 1.98. The fourth-order valence-corrected chi connectivity index (χ4v) is 0.992. The van der Waals surface area contributed by atoms with Crippen molar-refractivity contribution in [2.75, 3.05) is 6.54 Å². The Labute approximate surface area is 78.9 Å². The molecule has 13 heavy (non-hydrogen) atoms. The van der Waals surface area contributed by atoms with Gasteiger partial charge in [0.1, 0.15) is 6.29 Å². The van der Waals surface area contributed by atoms with Crippen LogP contribution in [0.1, 0.15) is 32.6 Å². The second kappa shape index (κ2) is 7.73. The van der Waals surface area contributed by atoms with E-state index in [0.29, 0.717) is 19.4 Å². The summed E-state index contributed by atoms with van der Waals surface area (Å²) in [6, 6.07) is -0.334. The maximum atomic E-state index is 10.9. The van der Waals surface area contributed by atoms with Crippen LogP contribution >= 0.6 is 0 Å². The molecule has 0 aliphatic rings. The molecule has 0 unspecified atom stereocenters. The molecule has 0 radical (unpaired) electrons. The highest BCUT2D eigenvalue weighted by atomic mass is 16.2. The predicted molar refractivity (Wildman–Crippen MR) is 51.2 cm³/mol. The maximum absolute atomic E-state index is 10.9. The minimum atomic E-state index is -0.334. The zero-order chi connectivity index (χ0) is 10.1. The molecule has 4 heteroatoms. The molecule has 0 saturated heterocycles. The summed E-state index contributed by atoms with van der Waals surface area (Å²) in [4.78, 5) is 21.4. The van der Waals surface area contributed by atoms with E-state index in [1.54, 1.807) is 6.92 Å². The molecule has 0 aromatic carbocycles. The van der Waals surface area contributed by atoms with Crippen molar-refractivity contribution in [2.24, 2.45) is 5.73 Å². The Morgan fingerprint density at radius 1 is 1.54 bits per heavy atom. The van der Waals surface area contributed by atoms with Crippen LogP contribution in [0.2, 0.25) is 0 Å². The Kier molecular flexibility index (Phi) is 7.20. The van der Waals surface area contributed by atoms with Gasteiger partial charge in [0, 0.05) is 6.42 Å². The van der Waals surface area contributed by atoms with Crippen molar-refractivity contribution in [3.8, 4) is 0 Å². The number of nitrogens with two attached hydrogens (primary N) is 1. The first-order valence-electron chi connectivity index (χ1n) is 4.69. The standard InChI is InChI=1S/C9H18N2O2/c1-2-9(13)11-8(7-12)5-3-4-6-10/h7-8H,2-6,10H2,1H3,(H,11,13)/t8-/m0/s1. The lowest BCUT2D eigenvalue weighted by molar-refractivity contribution is -0.123. The van der Waals surface area contributed by atoms with E-state index >= 15 is 0 Å². The van der Waals surface area contributed by atoms with Crippen LogP contribution in [0.5, 0.6) is 0 Å². The van der Waals surface area contributed by atoms with Gasteiger partial charge in [0.05, 0.1) is 6.04 Å². The molecule has 1 amide bonds. The van der Waals surface area contributed by atoms with Gasteiger partial charge in [-0.3, -0.25) is 4.79 Å². The summed E-state index contributed by atoms with van der Waals surface area (Å²) in [5.74, 6) is -0.0788. The van der Waals surface area contributed by atoms with Gasteiger partial charge in [-0.1, -0.05) is 6.92 Å². The van der Waals surface area contributed by atoms with E-state index in [1.807, 2.05) is 0 Å². The van der Waals surface area contributed by atoms with E-state index in [2.05, 4.69) is 5.32 Å². The Hall–Kier alpha value is -0.900. The van der Waals surface area contributed by atoms with Crippen molar-refractivity contribution in [2.45, 2.75) is 38.6 Å². The van der Waals surface area contributed by atoms with E-state index in [9.17, 15) is 9.59 Å². The van der Waals surface area contributed by atoms with Gasteiger partial charge in [-0.05, 0) is 25.8 Å². The largest absolute Gasteiger partial charge is 0.347 e. The number of hydrogen-bond donors (Lipinski definition) is 2. The first kappa shape index (κ1) is 12.1. The van der Waals surface area contributed by atoms with Crippen LogP contribution < -0.4 is 11.1 Å². The van der Waals surface area contributed by atoms with Crippen LogP contribution in [-0.2, 0) is 9.59 Å². The van der Waals surface area contributed by atoms with Gasteiger partial charge in [0.15, 0.2) is 0 Å².